The van der Waals surface area contributed by atoms with Crippen molar-refractivity contribution in [3.63, 3.8) is 0 Å². The van der Waals surface area contributed by atoms with Crippen LogP contribution in [-0.2, 0) is 4.79 Å². The van der Waals surface area contributed by atoms with E-state index in [1.54, 1.807) is 6.92 Å². The minimum Gasteiger partial charge on any atom is -0.387 e. The molecule has 106 valence electrons. The summed E-state index contributed by atoms with van der Waals surface area (Å²) in [5.41, 5.74) is -0.860. The van der Waals surface area contributed by atoms with Gasteiger partial charge in [0.2, 0.25) is 5.91 Å². The summed E-state index contributed by atoms with van der Waals surface area (Å²) < 4.78 is 0. The maximum Gasteiger partial charge on any atom is 0.223 e. The summed E-state index contributed by atoms with van der Waals surface area (Å²) in [5.74, 6) is 1.02. The van der Waals surface area contributed by atoms with Gasteiger partial charge in [-0.25, -0.2) is 0 Å². The highest BCUT2D eigenvalue weighted by atomic mass is 16.3. The quantitative estimate of drug-likeness (QED) is 0.778. The average molecular weight is 256 g/mol. The smallest absolute Gasteiger partial charge is 0.223 e. The molecule has 0 saturated heterocycles. The summed E-state index contributed by atoms with van der Waals surface area (Å²) in [6, 6.07) is 0. The number of nitrogens with zero attached hydrogens (tertiary/aromatic N) is 1. The molecule has 0 aliphatic heterocycles. The maximum atomic E-state index is 12.0. The monoisotopic (exact) mass is 256 g/mol. The molecule has 1 atom stereocenters. The first-order valence-corrected chi connectivity index (χ1v) is 6.95. The molecule has 4 heteroatoms. The zero-order chi connectivity index (χ0) is 13.8. The first-order chi connectivity index (χ1) is 8.30. The normalized spacial score (nSPS) is 27.9. The Kier molecular flexibility index (Phi) is 5.60. The van der Waals surface area contributed by atoms with Crippen molar-refractivity contribution in [3.05, 3.63) is 0 Å². The predicted molar refractivity (Wildman–Crippen MR) is 73.3 cm³/mol. The van der Waals surface area contributed by atoms with Crippen LogP contribution in [0.4, 0.5) is 0 Å². The molecular formula is C14H28N2O2. The summed E-state index contributed by atoms with van der Waals surface area (Å²) in [4.78, 5) is 13.9. The van der Waals surface area contributed by atoms with Gasteiger partial charge in [-0.3, -0.25) is 4.79 Å². The molecule has 1 amide bonds. The standard InChI is InChI=1S/C14H28N2O2/c1-11-5-7-12(8-6-11)13(17)15-9-14(2,18)10-16(3)4/h11-12,18H,5-10H2,1-4H3,(H,15,17). The Hall–Kier alpha value is -0.610. The summed E-state index contributed by atoms with van der Waals surface area (Å²) >= 11 is 0. The molecule has 0 aromatic carbocycles. The van der Waals surface area contributed by atoms with E-state index < -0.39 is 5.60 Å². The average Bonchev–Trinajstić information content (AvgIpc) is 2.25. The zero-order valence-corrected chi connectivity index (χ0v) is 12.2. The van der Waals surface area contributed by atoms with Gasteiger partial charge in [0.05, 0.1) is 5.60 Å². The molecule has 2 N–H and O–H groups in total. The van der Waals surface area contributed by atoms with Crippen LogP contribution in [0.15, 0.2) is 0 Å². The fourth-order valence-electron chi connectivity index (χ4n) is 2.68. The van der Waals surface area contributed by atoms with Crippen LogP contribution >= 0.6 is 0 Å². The Bertz CT molecular complexity index is 269. The van der Waals surface area contributed by atoms with E-state index in [1.165, 1.54) is 0 Å². The van der Waals surface area contributed by atoms with Crippen LogP contribution in [0.1, 0.15) is 39.5 Å². The largest absolute Gasteiger partial charge is 0.387 e. The first kappa shape index (κ1) is 15.4. The number of carbonyl (C=O) groups excluding carboxylic acids is 1. The molecule has 1 aliphatic rings. The van der Waals surface area contributed by atoms with Gasteiger partial charge in [0.1, 0.15) is 0 Å². The van der Waals surface area contributed by atoms with E-state index in [4.69, 9.17) is 0 Å². The molecule has 0 aromatic rings. The maximum absolute atomic E-state index is 12.0. The number of likely N-dealkylation sites (N-methyl/N-ethyl adjacent to an activating group) is 1. The van der Waals surface area contributed by atoms with Gasteiger partial charge < -0.3 is 15.3 Å². The number of hydrogen-bond acceptors (Lipinski definition) is 3. The van der Waals surface area contributed by atoms with E-state index in [1.807, 2.05) is 19.0 Å². The second-order valence-electron chi connectivity index (χ2n) is 6.41. The lowest BCUT2D eigenvalue weighted by atomic mass is 9.82. The summed E-state index contributed by atoms with van der Waals surface area (Å²) in [6.45, 7) is 4.89. The number of amides is 1. The van der Waals surface area contributed by atoms with Crippen molar-refractivity contribution in [3.8, 4) is 0 Å². The predicted octanol–water partition coefficient (Wildman–Crippen LogP) is 1.24. The first-order valence-electron chi connectivity index (χ1n) is 6.95. The van der Waals surface area contributed by atoms with Crippen LogP contribution in [0, 0.1) is 11.8 Å². The van der Waals surface area contributed by atoms with Crippen molar-refractivity contribution in [2.75, 3.05) is 27.2 Å². The van der Waals surface area contributed by atoms with Gasteiger partial charge in [0.15, 0.2) is 0 Å². The molecular weight excluding hydrogens is 228 g/mol. The molecule has 0 spiro atoms. The van der Waals surface area contributed by atoms with Gasteiger partial charge in [0, 0.05) is 19.0 Å². The Morgan fingerprint density at radius 3 is 2.39 bits per heavy atom. The lowest BCUT2D eigenvalue weighted by molar-refractivity contribution is -0.127. The molecule has 0 radical (unpaired) electrons. The zero-order valence-electron chi connectivity index (χ0n) is 12.2. The van der Waals surface area contributed by atoms with Crippen molar-refractivity contribution in [2.45, 2.75) is 45.1 Å². The van der Waals surface area contributed by atoms with Crippen molar-refractivity contribution in [2.24, 2.45) is 11.8 Å². The molecule has 1 aliphatic carbocycles. The Morgan fingerprint density at radius 1 is 1.33 bits per heavy atom. The summed E-state index contributed by atoms with van der Waals surface area (Å²) in [5, 5.41) is 13.0. The number of hydrogen-bond donors (Lipinski definition) is 2. The van der Waals surface area contributed by atoms with Crippen LogP contribution in [0.3, 0.4) is 0 Å². The minimum atomic E-state index is -0.860. The number of nitrogens with one attached hydrogen (secondary N) is 1. The summed E-state index contributed by atoms with van der Waals surface area (Å²) in [6.07, 6.45) is 4.27. The molecule has 18 heavy (non-hydrogen) atoms. The molecule has 0 heterocycles. The molecule has 0 aromatic heterocycles. The van der Waals surface area contributed by atoms with Crippen LogP contribution < -0.4 is 5.32 Å². The fourth-order valence-corrected chi connectivity index (χ4v) is 2.68. The van der Waals surface area contributed by atoms with Crippen molar-refractivity contribution in [1.82, 2.24) is 10.2 Å². The van der Waals surface area contributed by atoms with E-state index >= 15 is 0 Å². The second-order valence-corrected chi connectivity index (χ2v) is 6.41. The topological polar surface area (TPSA) is 52.6 Å². The van der Waals surface area contributed by atoms with Crippen LogP contribution in [0.25, 0.3) is 0 Å². The Labute approximate surface area is 111 Å². The van der Waals surface area contributed by atoms with Gasteiger partial charge in [-0.1, -0.05) is 6.92 Å². The Balaban J connectivity index is 2.32. The number of carbonyl (C=O) groups is 1. The molecule has 4 nitrogen and oxygen atoms in total. The van der Waals surface area contributed by atoms with E-state index in [-0.39, 0.29) is 11.8 Å². The molecule has 1 rings (SSSR count). The van der Waals surface area contributed by atoms with Crippen LogP contribution in [-0.4, -0.2) is 48.7 Å². The SMILES string of the molecule is CC1CCC(C(=O)NCC(C)(O)CN(C)C)CC1. The minimum absolute atomic E-state index is 0.112. The fraction of sp³-hybridized carbons (Fsp3) is 0.929. The van der Waals surface area contributed by atoms with E-state index in [9.17, 15) is 9.90 Å². The van der Waals surface area contributed by atoms with Gasteiger partial charge >= 0.3 is 0 Å². The highest BCUT2D eigenvalue weighted by molar-refractivity contribution is 5.78. The molecule has 1 saturated carbocycles. The van der Waals surface area contributed by atoms with Gasteiger partial charge in [-0.2, -0.15) is 0 Å². The molecule has 1 fully saturated rings. The van der Waals surface area contributed by atoms with Gasteiger partial charge in [-0.15, -0.1) is 0 Å². The van der Waals surface area contributed by atoms with E-state index in [2.05, 4.69) is 12.2 Å². The number of rotatable bonds is 5. The van der Waals surface area contributed by atoms with Crippen LogP contribution in [0.2, 0.25) is 0 Å². The van der Waals surface area contributed by atoms with Crippen molar-refractivity contribution >= 4 is 5.91 Å². The Morgan fingerprint density at radius 2 is 1.89 bits per heavy atom. The van der Waals surface area contributed by atoms with E-state index in [0.717, 1.165) is 31.6 Å². The number of aliphatic hydroxyl groups is 1. The second kappa shape index (κ2) is 6.53. The lowest BCUT2D eigenvalue weighted by Gasteiger charge is -2.29. The van der Waals surface area contributed by atoms with Crippen molar-refractivity contribution in [1.29, 1.82) is 0 Å². The third-order valence-corrected chi connectivity index (χ3v) is 3.69. The lowest BCUT2D eigenvalue weighted by Crippen LogP contribution is -2.48. The molecule has 1 unspecified atom stereocenters. The highest BCUT2D eigenvalue weighted by Gasteiger charge is 2.27. The highest BCUT2D eigenvalue weighted by Crippen LogP contribution is 2.28. The molecule has 0 bridgehead atoms. The van der Waals surface area contributed by atoms with Crippen LogP contribution in [0.5, 0.6) is 0 Å². The van der Waals surface area contributed by atoms with Crippen molar-refractivity contribution < 1.29 is 9.90 Å². The van der Waals surface area contributed by atoms with E-state index in [0.29, 0.717) is 13.1 Å². The third-order valence-electron chi connectivity index (χ3n) is 3.69. The summed E-state index contributed by atoms with van der Waals surface area (Å²) in [7, 11) is 3.83. The van der Waals surface area contributed by atoms with Gasteiger partial charge in [0.25, 0.3) is 0 Å². The third kappa shape index (κ3) is 5.36. The van der Waals surface area contributed by atoms with Gasteiger partial charge in [-0.05, 0) is 52.6 Å².